The highest BCUT2D eigenvalue weighted by Gasteiger charge is 2.39. The number of carboxylic acid groups (broad SMARTS) is 1. The maximum absolute atomic E-state index is 11.9. The minimum absolute atomic E-state index is 0.0256. The summed E-state index contributed by atoms with van der Waals surface area (Å²) in [5.74, 6) is -1.02. The van der Waals surface area contributed by atoms with Gasteiger partial charge in [-0.3, -0.25) is 0 Å². The van der Waals surface area contributed by atoms with E-state index < -0.39 is 23.5 Å². The Labute approximate surface area is 120 Å². The van der Waals surface area contributed by atoms with Gasteiger partial charge in [-0.05, 0) is 38.8 Å². The number of likely N-dealkylation sites (N-methyl/N-ethyl adjacent to an activating group) is 1. The van der Waals surface area contributed by atoms with Crippen LogP contribution in [0.4, 0.5) is 4.79 Å². The number of carbonyl (C=O) groups excluding carboxylic acids is 1. The van der Waals surface area contributed by atoms with Crippen molar-refractivity contribution in [2.24, 2.45) is 5.41 Å². The highest BCUT2D eigenvalue weighted by molar-refractivity contribution is 5.83. The Morgan fingerprint density at radius 1 is 1.30 bits per heavy atom. The van der Waals surface area contributed by atoms with Crippen LogP contribution in [0.5, 0.6) is 0 Å². The Morgan fingerprint density at radius 2 is 1.85 bits per heavy atom. The molecule has 2 amide bonds. The van der Waals surface area contributed by atoms with Gasteiger partial charge in [-0.25, -0.2) is 9.59 Å². The third-order valence-electron chi connectivity index (χ3n) is 4.20. The lowest BCUT2D eigenvalue weighted by Crippen LogP contribution is -2.60. The number of nitrogens with one attached hydrogen (secondary N) is 2. The van der Waals surface area contributed by atoms with Gasteiger partial charge in [0.05, 0.1) is 0 Å². The van der Waals surface area contributed by atoms with Gasteiger partial charge in [-0.2, -0.15) is 0 Å². The molecule has 1 atom stereocenters. The van der Waals surface area contributed by atoms with Gasteiger partial charge in [0.25, 0.3) is 0 Å². The van der Waals surface area contributed by atoms with Crippen LogP contribution in [0.15, 0.2) is 0 Å². The Bertz CT molecular complexity index is 370. The quantitative estimate of drug-likeness (QED) is 0.710. The first-order chi connectivity index (χ1) is 9.08. The van der Waals surface area contributed by atoms with Crippen LogP contribution in [-0.4, -0.2) is 54.2 Å². The predicted molar refractivity (Wildman–Crippen MR) is 77.7 cm³/mol. The molecule has 1 unspecified atom stereocenters. The van der Waals surface area contributed by atoms with Gasteiger partial charge in [0.1, 0.15) is 6.04 Å². The van der Waals surface area contributed by atoms with Crippen molar-refractivity contribution in [1.29, 1.82) is 0 Å². The SMILES string of the molecule is CN(C)C1(CNC(=O)NC(C(=O)O)C(C)(C)C)CCC1. The molecule has 116 valence electrons. The molecule has 0 saturated heterocycles. The summed E-state index contributed by atoms with van der Waals surface area (Å²) in [7, 11) is 4.02. The molecule has 0 bridgehead atoms. The van der Waals surface area contributed by atoms with Crippen molar-refractivity contribution in [3.05, 3.63) is 0 Å². The third kappa shape index (κ3) is 3.85. The van der Waals surface area contributed by atoms with Crippen molar-refractivity contribution in [1.82, 2.24) is 15.5 Å². The summed E-state index contributed by atoms with van der Waals surface area (Å²) in [6.45, 7) is 5.92. The van der Waals surface area contributed by atoms with Gasteiger partial charge < -0.3 is 20.6 Å². The van der Waals surface area contributed by atoms with E-state index in [4.69, 9.17) is 0 Å². The highest BCUT2D eigenvalue weighted by atomic mass is 16.4. The van der Waals surface area contributed by atoms with Crippen LogP contribution in [0.2, 0.25) is 0 Å². The maximum atomic E-state index is 11.9. The molecule has 1 fully saturated rings. The number of carbonyl (C=O) groups is 2. The minimum Gasteiger partial charge on any atom is -0.480 e. The predicted octanol–water partition coefficient (Wildman–Crippen LogP) is 1.27. The Balaban J connectivity index is 2.53. The topological polar surface area (TPSA) is 81.7 Å². The molecule has 0 aliphatic heterocycles. The lowest BCUT2D eigenvalue weighted by Gasteiger charge is -2.47. The molecule has 20 heavy (non-hydrogen) atoms. The summed E-state index contributed by atoms with van der Waals surface area (Å²) < 4.78 is 0. The fourth-order valence-electron chi connectivity index (χ4n) is 2.44. The number of nitrogens with zero attached hydrogens (tertiary/aromatic N) is 1. The summed E-state index contributed by atoms with van der Waals surface area (Å²) in [5.41, 5.74) is -0.503. The van der Waals surface area contributed by atoms with Gasteiger partial charge in [0.15, 0.2) is 0 Å². The first-order valence-electron chi connectivity index (χ1n) is 7.03. The number of hydrogen-bond donors (Lipinski definition) is 3. The second-order valence-corrected chi connectivity index (χ2v) is 6.94. The summed E-state index contributed by atoms with van der Waals surface area (Å²) in [4.78, 5) is 25.3. The fourth-order valence-corrected chi connectivity index (χ4v) is 2.44. The van der Waals surface area contributed by atoms with Gasteiger partial charge in [-0.1, -0.05) is 20.8 Å². The van der Waals surface area contributed by atoms with Crippen LogP contribution in [0.1, 0.15) is 40.0 Å². The second-order valence-electron chi connectivity index (χ2n) is 6.94. The molecule has 3 N–H and O–H groups in total. The molecule has 1 rings (SSSR count). The van der Waals surface area contributed by atoms with E-state index in [1.807, 2.05) is 14.1 Å². The zero-order chi connectivity index (χ0) is 15.6. The number of urea groups is 1. The van der Waals surface area contributed by atoms with E-state index in [1.165, 1.54) is 6.42 Å². The van der Waals surface area contributed by atoms with E-state index in [9.17, 15) is 14.7 Å². The number of aliphatic carboxylic acids is 1. The lowest BCUT2D eigenvalue weighted by atomic mass is 9.75. The monoisotopic (exact) mass is 285 g/mol. The molecule has 1 aliphatic rings. The molecule has 0 spiro atoms. The Morgan fingerprint density at radius 3 is 2.15 bits per heavy atom. The summed E-state index contributed by atoms with van der Waals surface area (Å²) in [6.07, 6.45) is 3.28. The Kier molecular flexibility index (Phi) is 5.02. The van der Waals surface area contributed by atoms with Crippen molar-refractivity contribution in [2.75, 3.05) is 20.6 Å². The second kappa shape index (κ2) is 5.99. The molecule has 6 heteroatoms. The molecule has 0 aromatic carbocycles. The molecule has 1 aliphatic carbocycles. The lowest BCUT2D eigenvalue weighted by molar-refractivity contribution is -0.141. The van der Waals surface area contributed by atoms with Gasteiger partial charge in [0.2, 0.25) is 0 Å². The first-order valence-corrected chi connectivity index (χ1v) is 7.03. The summed E-state index contributed by atoms with van der Waals surface area (Å²) >= 11 is 0. The van der Waals surface area contributed by atoms with Crippen molar-refractivity contribution in [3.8, 4) is 0 Å². The normalized spacial score (nSPS) is 19.1. The summed E-state index contributed by atoms with van der Waals surface area (Å²) in [5, 5.41) is 14.5. The van der Waals surface area contributed by atoms with E-state index in [-0.39, 0.29) is 5.54 Å². The number of carboxylic acids is 1. The smallest absolute Gasteiger partial charge is 0.326 e. The largest absolute Gasteiger partial charge is 0.480 e. The number of rotatable bonds is 5. The molecule has 1 saturated carbocycles. The minimum atomic E-state index is -1.02. The van der Waals surface area contributed by atoms with Crippen molar-refractivity contribution >= 4 is 12.0 Å². The molecule has 0 aromatic heterocycles. The maximum Gasteiger partial charge on any atom is 0.326 e. The fraction of sp³-hybridized carbons (Fsp3) is 0.857. The molecular weight excluding hydrogens is 258 g/mol. The average Bonchev–Trinajstić information content (AvgIpc) is 2.21. The summed E-state index contributed by atoms with van der Waals surface area (Å²) in [6, 6.07) is -1.32. The van der Waals surface area contributed by atoms with E-state index >= 15 is 0 Å². The van der Waals surface area contributed by atoms with Crippen molar-refractivity contribution in [2.45, 2.75) is 51.6 Å². The molecular formula is C14H27N3O3. The molecule has 0 radical (unpaired) electrons. The van der Waals surface area contributed by atoms with Crippen molar-refractivity contribution in [3.63, 3.8) is 0 Å². The number of hydrogen-bond acceptors (Lipinski definition) is 3. The molecule has 0 aromatic rings. The third-order valence-corrected chi connectivity index (χ3v) is 4.20. The number of amides is 2. The van der Waals surface area contributed by atoms with Crippen LogP contribution in [-0.2, 0) is 4.79 Å². The van der Waals surface area contributed by atoms with Crippen LogP contribution in [0.25, 0.3) is 0 Å². The van der Waals surface area contributed by atoms with Crippen LogP contribution < -0.4 is 10.6 Å². The first kappa shape index (κ1) is 16.8. The zero-order valence-corrected chi connectivity index (χ0v) is 13.1. The van der Waals surface area contributed by atoms with Crippen molar-refractivity contribution < 1.29 is 14.7 Å². The van der Waals surface area contributed by atoms with Crippen LogP contribution >= 0.6 is 0 Å². The Hall–Kier alpha value is -1.30. The molecule has 6 nitrogen and oxygen atoms in total. The van der Waals surface area contributed by atoms with Gasteiger partial charge in [0, 0.05) is 12.1 Å². The van der Waals surface area contributed by atoms with E-state index in [1.54, 1.807) is 20.8 Å². The van der Waals surface area contributed by atoms with E-state index in [2.05, 4.69) is 15.5 Å². The van der Waals surface area contributed by atoms with Crippen LogP contribution in [0, 0.1) is 5.41 Å². The van der Waals surface area contributed by atoms with Gasteiger partial charge >= 0.3 is 12.0 Å². The van der Waals surface area contributed by atoms with Gasteiger partial charge in [-0.15, -0.1) is 0 Å². The van der Waals surface area contributed by atoms with E-state index in [0.717, 1.165) is 12.8 Å². The highest BCUT2D eigenvalue weighted by Crippen LogP contribution is 2.35. The average molecular weight is 285 g/mol. The van der Waals surface area contributed by atoms with E-state index in [0.29, 0.717) is 6.54 Å². The molecule has 0 heterocycles. The zero-order valence-electron chi connectivity index (χ0n) is 13.1. The van der Waals surface area contributed by atoms with Crippen LogP contribution in [0.3, 0.4) is 0 Å². The standard InChI is InChI=1S/C14H27N3O3/c1-13(2,3)10(11(18)19)16-12(20)15-9-14(17(4)5)7-6-8-14/h10H,6-9H2,1-5H3,(H,18,19)(H2,15,16,20).